The molecule has 0 unspecified atom stereocenters. The van der Waals surface area contributed by atoms with Crippen LogP contribution >= 0.6 is 27.7 Å². The van der Waals surface area contributed by atoms with Gasteiger partial charge in [0.05, 0.1) is 10.6 Å². The fourth-order valence-electron chi connectivity index (χ4n) is 2.62. The van der Waals surface area contributed by atoms with E-state index < -0.39 is 0 Å². The Morgan fingerprint density at radius 3 is 2.50 bits per heavy atom. The standard InChI is InChI=1S/C18H24BrN3OS/c1-5-20-18-22(8-4)17(23)16(24-18)12-13-9-10-15(14(19)11-13)21(6-2)7-3/h9-12H,5-8H2,1-4H3/b16-12+,20-18?. The maximum Gasteiger partial charge on any atom is 0.266 e. The lowest BCUT2D eigenvalue weighted by molar-refractivity contribution is -0.122. The third kappa shape index (κ3) is 4.03. The van der Waals surface area contributed by atoms with E-state index in [1.54, 1.807) is 4.90 Å². The number of carbonyl (C=O) groups is 1. The van der Waals surface area contributed by atoms with Gasteiger partial charge in [-0.1, -0.05) is 6.07 Å². The summed E-state index contributed by atoms with van der Waals surface area (Å²) in [6, 6.07) is 6.23. The average molecular weight is 410 g/mol. The smallest absolute Gasteiger partial charge is 0.266 e. The number of hydrogen-bond acceptors (Lipinski definition) is 4. The predicted octanol–water partition coefficient (Wildman–Crippen LogP) is 4.61. The lowest BCUT2D eigenvalue weighted by Crippen LogP contribution is -2.28. The molecule has 0 N–H and O–H groups in total. The lowest BCUT2D eigenvalue weighted by atomic mass is 10.1. The second kappa shape index (κ2) is 8.72. The van der Waals surface area contributed by atoms with Crippen LogP contribution in [0.15, 0.2) is 32.6 Å². The van der Waals surface area contributed by atoms with Crippen molar-refractivity contribution in [2.75, 3.05) is 31.1 Å². The molecule has 1 amide bonds. The van der Waals surface area contributed by atoms with Crippen molar-refractivity contribution in [2.45, 2.75) is 27.7 Å². The summed E-state index contributed by atoms with van der Waals surface area (Å²) in [7, 11) is 0. The molecular formula is C18H24BrN3OS. The second-order valence-electron chi connectivity index (χ2n) is 5.30. The van der Waals surface area contributed by atoms with E-state index in [-0.39, 0.29) is 5.91 Å². The summed E-state index contributed by atoms with van der Waals surface area (Å²) < 4.78 is 1.05. The van der Waals surface area contributed by atoms with Gasteiger partial charge in [0.15, 0.2) is 5.17 Å². The van der Waals surface area contributed by atoms with Crippen LogP contribution in [-0.2, 0) is 4.79 Å². The Labute approximate surface area is 157 Å². The Morgan fingerprint density at radius 2 is 1.96 bits per heavy atom. The van der Waals surface area contributed by atoms with E-state index in [2.05, 4.69) is 57.9 Å². The number of hydrogen-bond donors (Lipinski definition) is 0. The first-order valence-corrected chi connectivity index (χ1v) is 9.96. The quantitative estimate of drug-likeness (QED) is 0.643. The Kier molecular flexibility index (Phi) is 6.92. The highest BCUT2D eigenvalue weighted by atomic mass is 79.9. The molecule has 6 heteroatoms. The molecule has 0 aliphatic carbocycles. The Bertz CT molecular complexity index is 668. The van der Waals surface area contributed by atoms with Gasteiger partial charge in [-0.15, -0.1) is 0 Å². The Balaban J connectivity index is 2.30. The number of anilines is 1. The molecule has 0 aromatic heterocycles. The second-order valence-corrected chi connectivity index (χ2v) is 7.16. The number of nitrogens with zero attached hydrogens (tertiary/aromatic N) is 3. The normalized spacial score (nSPS) is 18.0. The van der Waals surface area contributed by atoms with Crippen molar-refractivity contribution in [1.82, 2.24) is 4.90 Å². The maximum atomic E-state index is 12.5. The van der Waals surface area contributed by atoms with Crippen LogP contribution in [-0.4, -0.2) is 42.2 Å². The minimum Gasteiger partial charge on any atom is -0.371 e. The first kappa shape index (κ1) is 19.1. The van der Waals surface area contributed by atoms with Crippen molar-refractivity contribution in [2.24, 2.45) is 4.99 Å². The molecular weight excluding hydrogens is 386 g/mol. The number of amidine groups is 1. The molecule has 1 aliphatic heterocycles. The van der Waals surface area contributed by atoms with Crippen LogP contribution in [0.4, 0.5) is 5.69 Å². The summed E-state index contributed by atoms with van der Waals surface area (Å²) in [6.45, 7) is 11.5. The topological polar surface area (TPSA) is 35.9 Å². The summed E-state index contributed by atoms with van der Waals surface area (Å²) in [6.07, 6.45) is 1.95. The monoisotopic (exact) mass is 409 g/mol. The molecule has 130 valence electrons. The molecule has 0 atom stereocenters. The summed E-state index contributed by atoms with van der Waals surface area (Å²) in [5.74, 6) is 0.0404. The SMILES string of the molecule is CCN=C1S/C(=C/c2ccc(N(CC)CC)c(Br)c2)C(=O)N1CC. The molecule has 0 saturated carbocycles. The Hall–Kier alpha value is -1.27. The van der Waals surface area contributed by atoms with Crippen molar-refractivity contribution in [3.63, 3.8) is 0 Å². The summed E-state index contributed by atoms with van der Waals surface area (Å²) in [5, 5.41) is 0.801. The molecule has 2 rings (SSSR count). The van der Waals surface area contributed by atoms with Crippen LogP contribution < -0.4 is 4.90 Å². The molecule has 1 saturated heterocycles. The molecule has 4 nitrogen and oxygen atoms in total. The largest absolute Gasteiger partial charge is 0.371 e. The van der Waals surface area contributed by atoms with E-state index in [9.17, 15) is 4.79 Å². The third-order valence-corrected chi connectivity index (χ3v) is 5.55. The highest BCUT2D eigenvalue weighted by Gasteiger charge is 2.31. The Morgan fingerprint density at radius 1 is 1.25 bits per heavy atom. The van der Waals surface area contributed by atoms with Crippen molar-refractivity contribution in [3.8, 4) is 0 Å². The number of halogens is 1. The van der Waals surface area contributed by atoms with Gasteiger partial charge >= 0.3 is 0 Å². The molecule has 0 radical (unpaired) electrons. The van der Waals surface area contributed by atoms with E-state index in [0.717, 1.165) is 33.2 Å². The van der Waals surface area contributed by atoms with E-state index in [1.807, 2.05) is 19.9 Å². The zero-order valence-electron chi connectivity index (χ0n) is 14.7. The fourth-order valence-corrected chi connectivity index (χ4v) is 4.38. The van der Waals surface area contributed by atoms with Gasteiger partial charge in [0.2, 0.25) is 0 Å². The van der Waals surface area contributed by atoms with Crippen LogP contribution in [0.2, 0.25) is 0 Å². The zero-order chi connectivity index (χ0) is 17.7. The van der Waals surface area contributed by atoms with Gasteiger partial charge in [0, 0.05) is 30.7 Å². The van der Waals surface area contributed by atoms with Crippen molar-refractivity contribution >= 4 is 50.5 Å². The zero-order valence-corrected chi connectivity index (χ0v) is 17.1. The summed E-state index contributed by atoms with van der Waals surface area (Å²) in [4.78, 5) is 21.7. The minimum absolute atomic E-state index is 0.0404. The minimum atomic E-state index is 0.0404. The molecule has 24 heavy (non-hydrogen) atoms. The first-order chi connectivity index (χ1) is 11.5. The summed E-state index contributed by atoms with van der Waals surface area (Å²) in [5.41, 5.74) is 2.19. The number of aliphatic imine (C=N–C) groups is 1. The van der Waals surface area contributed by atoms with Gasteiger partial charge in [0.25, 0.3) is 5.91 Å². The summed E-state index contributed by atoms with van der Waals surface area (Å²) >= 11 is 5.12. The van der Waals surface area contributed by atoms with Crippen LogP contribution in [0.5, 0.6) is 0 Å². The first-order valence-electron chi connectivity index (χ1n) is 8.35. The number of amides is 1. The number of benzene rings is 1. The molecule has 1 aromatic carbocycles. The maximum absolute atomic E-state index is 12.5. The molecule has 0 spiro atoms. The predicted molar refractivity (Wildman–Crippen MR) is 109 cm³/mol. The average Bonchev–Trinajstić information content (AvgIpc) is 2.86. The molecule has 1 aliphatic rings. The van der Waals surface area contributed by atoms with E-state index in [0.29, 0.717) is 13.1 Å². The van der Waals surface area contributed by atoms with Gasteiger partial charge in [-0.05, 0) is 79.2 Å². The van der Waals surface area contributed by atoms with Crippen LogP contribution in [0.1, 0.15) is 33.3 Å². The number of likely N-dealkylation sites (N-methyl/N-ethyl adjacent to an activating group) is 1. The lowest BCUT2D eigenvalue weighted by Gasteiger charge is -2.22. The van der Waals surface area contributed by atoms with Crippen LogP contribution in [0.25, 0.3) is 6.08 Å². The van der Waals surface area contributed by atoms with Gasteiger partial charge < -0.3 is 4.90 Å². The van der Waals surface area contributed by atoms with Gasteiger partial charge in [0.1, 0.15) is 0 Å². The van der Waals surface area contributed by atoms with Crippen molar-refractivity contribution < 1.29 is 4.79 Å². The highest BCUT2D eigenvalue weighted by molar-refractivity contribution is 9.10. The van der Waals surface area contributed by atoms with Crippen LogP contribution in [0, 0.1) is 0 Å². The van der Waals surface area contributed by atoms with Crippen LogP contribution in [0.3, 0.4) is 0 Å². The molecule has 0 bridgehead atoms. The molecule has 1 fully saturated rings. The van der Waals surface area contributed by atoms with Crippen molar-refractivity contribution in [1.29, 1.82) is 0 Å². The number of carbonyl (C=O) groups excluding carboxylic acids is 1. The fraction of sp³-hybridized carbons (Fsp3) is 0.444. The van der Waals surface area contributed by atoms with Crippen molar-refractivity contribution in [3.05, 3.63) is 33.1 Å². The van der Waals surface area contributed by atoms with Gasteiger partial charge in [-0.3, -0.25) is 14.7 Å². The highest BCUT2D eigenvalue weighted by Crippen LogP contribution is 2.34. The molecule has 1 aromatic rings. The van der Waals surface area contributed by atoms with E-state index >= 15 is 0 Å². The van der Waals surface area contributed by atoms with Gasteiger partial charge in [-0.25, -0.2) is 0 Å². The van der Waals surface area contributed by atoms with E-state index in [4.69, 9.17) is 0 Å². The van der Waals surface area contributed by atoms with E-state index in [1.165, 1.54) is 17.4 Å². The third-order valence-electron chi connectivity index (χ3n) is 3.87. The molecule has 1 heterocycles. The van der Waals surface area contributed by atoms with Gasteiger partial charge in [-0.2, -0.15) is 0 Å². The number of thioether (sulfide) groups is 1. The number of rotatable bonds is 6.